The largest absolute Gasteiger partial charge is 0.493 e. The van der Waals surface area contributed by atoms with Crippen molar-refractivity contribution < 1.29 is 31.9 Å². The lowest BCUT2D eigenvalue weighted by Gasteiger charge is -2.30. The van der Waals surface area contributed by atoms with E-state index in [0.29, 0.717) is 24.3 Å². The minimum atomic E-state index is -3.97. The maximum absolute atomic E-state index is 14.0. The fraction of sp³-hybridized carbons (Fsp3) is 0.333. The molecule has 1 fully saturated rings. The molecule has 3 rings (SSSR count). The fourth-order valence-electron chi connectivity index (χ4n) is 3.41. The van der Waals surface area contributed by atoms with Crippen LogP contribution < -0.4 is 20.5 Å². The number of carbonyl (C=O) groups excluding carboxylic acids is 2. The van der Waals surface area contributed by atoms with Gasteiger partial charge >= 0.3 is 0 Å². The van der Waals surface area contributed by atoms with Gasteiger partial charge in [-0.15, -0.1) is 0 Å². The van der Waals surface area contributed by atoms with Gasteiger partial charge in [-0.1, -0.05) is 12.1 Å². The number of nitrogens with zero attached hydrogens (tertiary/aromatic N) is 1. The van der Waals surface area contributed by atoms with E-state index in [9.17, 15) is 22.4 Å². The van der Waals surface area contributed by atoms with Crippen LogP contribution in [-0.2, 0) is 19.6 Å². The van der Waals surface area contributed by atoms with Gasteiger partial charge in [0.1, 0.15) is 10.7 Å². The van der Waals surface area contributed by atoms with Crippen LogP contribution >= 0.6 is 0 Å². The Balaban J connectivity index is 1.63. The number of benzene rings is 2. The van der Waals surface area contributed by atoms with Gasteiger partial charge in [0.05, 0.1) is 7.11 Å². The van der Waals surface area contributed by atoms with E-state index < -0.39 is 27.7 Å². The molecule has 1 aliphatic rings. The van der Waals surface area contributed by atoms with E-state index in [4.69, 9.17) is 15.2 Å². The van der Waals surface area contributed by atoms with Crippen LogP contribution in [0.4, 0.5) is 10.1 Å². The summed E-state index contributed by atoms with van der Waals surface area (Å²) in [6.07, 6.45) is 0.585. The van der Waals surface area contributed by atoms with Gasteiger partial charge in [-0.25, -0.2) is 12.8 Å². The zero-order valence-electron chi connectivity index (χ0n) is 17.4. The van der Waals surface area contributed by atoms with Crippen molar-refractivity contribution >= 4 is 27.5 Å². The van der Waals surface area contributed by atoms with Crippen molar-refractivity contribution in [3.8, 4) is 11.5 Å². The lowest BCUT2D eigenvalue weighted by atomic mass is 9.97. The van der Waals surface area contributed by atoms with Gasteiger partial charge in [-0.3, -0.25) is 9.59 Å². The molecule has 1 heterocycles. The first-order chi connectivity index (χ1) is 15.2. The van der Waals surface area contributed by atoms with Crippen molar-refractivity contribution in [3.05, 3.63) is 48.3 Å². The van der Waals surface area contributed by atoms with Gasteiger partial charge in [0, 0.05) is 30.8 Å². The second-order valence-corrected chi connectivity index (χ2v) is 9.13. The van der Waals surface area contributed by atoms with Crippen LogP contribution in [0.2, 0.25) is 0 Å². The van der Waals surface area contributed by atoms with Gasteiger partial charge in [0.15, 0.2) is 18.1 Å². The minimum absolute atomic E-state index is 0.102. The van der Waals surface area contributed by atoms with Crippen LogP contribution in [0.15, 0.2) is 47.4 Å². The van der Waals surface area contributed by atoms with Crippen LogP contribution in [0.25, 0.3) is 0 Å². The lowest BCUT2D eigenvalue weighted by molar-refractivity contribution is -0.121. The van der Waals surface area contributed by atoms with Crippen molar-refractivity contribution in [3.63, 3.8) is 0 Å². The zero-order chi connectivity index (χ0) is 23.3. The summed E-state index contributed by atoms with van der Waals surface area (Å²) in [5, 5.41) is 2.77. The smallest absolute Gasteiger partial charge is 0.255 e. The third kappa shape index (κ3) is 5.35. The van der Waals surface area contributed by atoms with Gasteiger partial charge in [-0.2, -0.15) is 4.31 Å². The second kappa shape index (κ2) is 9.96. The number of nitrogens with one attached hydrogen (secondary N) is 1. The average Bonchev–Trinajstić information content (AvgIpc) is 2.78. The number of methoxy groups -OCH3 is 1. The summed E-state index contributed by atoms with van der Waals surface area (Å²) in [6.45, 7) is -0.141. The Morgan fingerprint density at radius 3 is 2.47 bits per heavy atom. The SMILES string of the molecule is COc1ccc(NC(=O)C2CCN(S(=O)(=O)c3ccccc3F)CC2)cc1OCC(N)=O. The first-order valence-corrected chi connectivity index (χ1v) is 11.3. The molecule has 11 heteroatoms. The predicted octanol–water partition coefficient (Wildman–Crippen LogP) is 1.74. The molecule has 0 spiro atoms. The molecule has 0 radical (unpaired) electrons. The van der Waals surface area contributed by atoms with Crippen molar-refractivity contribution in [2.45, 2.75) is 17.7 Å². The highest BCUT2D eigenvalue weighted by atomic mass is 32.2. The van der Waals surface area contributed by atoms with Crippen LogP contribution in [0.5, 0.6) is 11.5 Å². The minimum Gasteiger partial charge on any atom is -0.493 e. The standard InChI is InChI=1S/C21H24FN3O6S/c1-30-17-7-6-15(12-18(17)31-13-20(23)26)24-21(27)14-8-10-25(11-9-14)32(28,29)19-5-3-2-4-16(19)22/h2-7,12,14H,8-11,13H2,1H3,(H2,23,26)(H,24,27). The third-order valence-electron chi connectivity index (χ3n) is 5.08. The summed E-state index contributed by atoms with van der Waals surface area (Å²) in [7, 11) is -2.53. The third-order valence-corrected chi connectivity index (χ3v) is 7.01. The maximum atomic E-state index is 14.0. The summed E-state index contributed by atoms with van der Waals surface area (Å²) < 4.78 is 51.0. The van der Waals surface area contributed by atoms with Gasteiger partial charge in [0.25, 0.3) is 5.91 Å². The molecule has 1 aliphatic heterocycles. The van der Waals surface area contributed by atoms with Crippen molar-refractivity contribution in [1.82, 2.24) is 4.31 Å². The number of carbonyl (C=O) groups is 2. The van der Waals surface area contributed by atoms with Crippen molar-refractivity contribution in [2.24, 2.45) is 11.7 Å². The number of anilines is 1. The molecular weight excluding hydrogens is 441 g/mol. The zero-order valence-corrected chi connectivity index (χ0v) is 18.2. The number of rotatable bonds is 8. The van der Waals surface area contributed by atoms with Gasteiger partial charge in [-0.05, 0) is 37.1 Å². The number of sulfonamides is 1. The topological polar surface area (TPSA) is 128 Å². The highest BCUT2D eigenvalue weighted by Crippen LogP contribution is 2.31. The van der Waals surface area contributed by atoms with Crippen molar-refractivity contribution in [2.75, 3.05) is 32.1 Å². The Kier molecular flexibility index (Phi) is 7.31. The number of hydrogen-bond donors (Lipinski definition) is 2. The molecule has 9 nitrogen and oxygen atoms in total. The van der Waals surface area contributed by atoms with Crippen LogP contribution in [0.3, 0.4) is 0 Å². The molecular formula is C21H24FN3O6S. The highest BCUT2D eigenvalue weighted by Gasteiger charge is 2.33. The summed E-state index contributed by atoms with van der Waals surface area (Å²) in [5.41, 5.74) is 5.52. The van der Waals surface area contributed by atoms with Crippen molar-refractivity contribution in [1.29, 1.82) is 0 Å². The summed E-state index contributed by atoms with van der Waals surface area (Å²) >= 11 is 0. The van der Waals surface area contributed by atoms with E-state index in [1.54, 1.807) is 12.1 Å². The van der Waals surface area contributed by atoms with Crippen LogP contribution in [-0.4, -0.2) is 51.3 Å². The number of nitrogens with two attached hydrogens (primary N) is 1. The first kappa shape index (κ1) is 23.5. The predicted molar refractivity (Wildman–Crippen MR) is 114 cm³/mol. The molecule has 0 saturated carbocycles. The molecule has 0 aromatic heterocycles. The average molecular weight is 466 g/mol. The normalized spacial score (nSPS) is 15.2. The number of hydrogen-bond acceptors (Lipinski definition) is 6. The molecule has 0 atom stereocenters. The quantitative estimate of drug-likeness (QED) is 0.611. The van der Waals surface area contributed by atoms with E-state index in [1.807, 2.05) is 0 Å². The van der Waals surface area contributed by atoms with E-state index in [2.05, 4.69) is 5.32 Å². The monoisotopic (exact) mass is 465 g/mol. The number of primary amides is 1. The molecule has 32 heavy (non-hydrogen) atoms. The molecule has 2 amide bonds. The number of piperidine rings is 1. The molecule has 0 bridgehead atoms. The molecule has 0 aliphatic carbocycles. The Labute approximate surface area is 185 Å². The van der Waals surface area contributed by atoms with E-state index in [1.165, 1.54) is 35.7 Å². The molecule has 0 unspecified atom stereocenters. The Morgan fingerprint density at radius 1 is 1.16 bits per heavy atom. The lowest BCUT2D eigenvalue weighted by Crippen LogP contribution is -2.41. The summed E-state index contributed by atoms with van der Waals surface area (Å²) in [6, 6.07) is 9.92. The first-order valence-electron chi connectivity index (χ1n) is 9.87. The summed E-state index contributed by atoms with van der Waals surface area (Å²) in [5.74, 6) is -1.54. The van der Waals surface area contributed by atoms with E-state index in [0.717, 1.165) is 6.07 Å². The fourth-order valence-corrected chi connectivity index (χ4v) is 4.95. The summed E-state index contributed by atoms with van der Waals surface area (Å²) in [4.78, 5) is 23.3. The maximum Gasteiger partial charge on any atom is 0.255 e. The Bertz CT molecular complexity index is 1100. The molecule has 2 aromatic rings. The van der Waals surface area contributed by atoms with E-state index in [-0.39, 0.29) is 36.2 Å². The van der Waals surface area contributed by atoms with Crippen LogP contribution in [0, 0.1) is 11.7 Å². The number of halogens is 1. The second-order valence-electron chi connectivity index (χ2n) is 7.22. The highest BCUT2D eigenvalue weighted by molar-refractivity contribution is 7.89. The Morgan fingerprint density at radius 2 is 1.84 bits per heavy atom. The number of ether oxygens (including phenoxy) is 2. The molecule has 3 N–H and O–H groups in total. The van der Waals surface area contributed by atoms with E-state index >= 15 is 0 Å². The van der Waals surface area contributed by atoms with Crippen LogP contribution in [0.1, 0.15) is 12.8 Å². The Hall–Kier alpha value is -3.18. The van der Waals surface area contributed by atoms with Gasteiger partial charge < -0.3 is 20.5 Å². The van der Waals surface area contributed by atoms with Gasteiger partial charge in [0.2, 0.25) is 15.9 Å². The molecule has 172 valence electrons. The molecule has 2 aromatic carbocycles. The molecule has 1 saturated heterocycles. The number of amides is 2.